The number of aromatic nitrogens is 1. The molecule has 2 aromatic heterocycles. The molecular weight excluding hydrogens is 574 g/mol. The molecule has 0 saturated carbocycles. The number of piperidine rings is 1. The van der Waals surface area contributed by atoms with Crippen molar-refractivity contribution in [2.75, 3.05) is 49.5 Å². The maximum atomic E-state index is 13.6. The Hall–Kier alpha value is -5.19. The number of rotatable bonds is 4. The number of nitrogens with zero attached hydrogens (tertiary/aromatic N) is 4. The second-order valence-corrected chi connectivity index (χ2v) is 12.1. The van der Waals surface area contributed by atoms with Crippen LogP contribution < -0.4 is 21.4 Å². The lowest BCUT2D eigenvalue weighted by molar-refractivity contribution is -0.130. The third-order valence-corrected chi connectivity index (χ3v) is 9.21. The van der Waals surface area contributed by atoms with E-state index < -0.39 is 11.5 Å². The van der Waals surface area contributed by atoms with Crippen LogP contribution in [0.2, 0.25) is 0 Å². The minimum atomic E-state index is -0.752. The number of hydrogen-bond donors (Lipinski definition) is 1. The predicted molar refractivity (Wildman–Crippen MR) is 169 cm³/mol. The number of carbonyl (C=O) groups is 3. The highest BCUT2D eigenvalue weighted by atomic mass is 16.4. The van der Waals surface area contributed by atoms with E-state index in [1.807, 2.05) is 16.7 Å². The number of anilines is 2. The highest BCUT2D eigenvalue weighted by Crippen LogP contribution is 2.39. The molecule has 3 aliphatic heterocycles. The zero-order valence-corrected chi connectivity index (χ0v) is 24.9. The van der Waals surface area contributed by atoms with Crippen molar-refractivity contribution in [2.45, 2.75) is 25.8 Å². The fourth-order valence-electron chi connectivity index (χ4n) is 6.96. The molecule has 4 aromatic rings. The van der Waals surface area contributed by atoms with Crippen LogP contribution in [-0.4, -0.2) is 71.4 Å². The molecule has 7 rings (SSSR count). The SMILES string of the molecule is CC(=O)N1CCN(C(=O)c2ccc(N3C[C@H]4C[C@@H](C3)c3cccc(=O)n3C4)c(NC(=O)c3cc4ccccc4oc3=O)c2)CC1. The Morgan fingerprint density at radius 2 is 1.62 bits per heavy atom. The Morgan fingerprint density at radius 3 is 2.42 bits per heavy atom. The van der Waals surface area contributed by atoms with Gasteiger partial charge in [-0.15, -0.1) is 0 Å². The van der Waals surface area contributed by atoms with E-state index in [4.69, 9.17) is 4.42 Å². The average Bonchev–Trinajstić information content (AvgIpc) is 3.04. The van der Waals surface area contributed by atoms with Crippen molar-refractivity contribution in [3.63, 3.8) is 0 Å². The minimum Gasteiger partial charge on any atom is -0.422 e. The third-order valence-electron chi connectivity index (χ3n) is 9.21. The molecule has 0 aliphatic carbocycles. The van der Waals surface area contributed by atoms with Gasteiger partial charge in [0, 0.05) is 81.4 Å². The molecule has 45 heavy (non-hydrogen) atoms. The zero-order valence-electron chi connectivity index (χ0n) is 24.9. The Morgan fingerprint density at radius 1 is 0.844 bits per heavy atom. The van der Waals surface area contributed by atoms with Gasteiger partial charge in [0.15, 0.2) is 0 Å². The van der Waals surface area contributed by atoms with E-state index in [2.05, 4.69) is 10.2 Å². The van der Waals surface area contributed by atoms with Gasteiger partial charge in [-0.2, -0.15) is 0 Å². The fraction of sp³-hybridized carbons (Fsp3) is 0.324. The summed E-state index contributed by atoms with van der Waals surface area (Å²) >= 11 is 0. The van der Waals surface area contributed by atoms with Gasteiger partial charge in [0.2, 0.25) is 5.91 Å². The van der Waals surface area contributed by atoms with Crippen LogP contribution >= 0.6 is 0 Å². The summed E-state index contributed by atoms with van der Waals surface area (Å²) in [6.45, 7) is 5.17. The van der Waals surface area contributed by atoms with Gasteiger partial charge >= 0.3 is 5.63 Å². The van der Waals surface area contributed by atoms with Gasteiger partial charge in [-0.3, -0.25) is 19.2 Å². The largest absolute Gasteiger partial charge is 0.422 e. The van der Waals surface area contributed by atoms with Gasteiger partial charge in [-0.25, -0.2) is 4.79 Å². The number of fused-ring (bicyclic) bond motifs is 5. The van der Waals surface area contributed by atoms with E-state index in [1.165, 1.54) is 13.0 Å². The summed E-state index contributed by atoms with van der Waals surface area (Å²) in [4.78, 5) is 70.0. The maximum Gasteiger partial charge on any atom is 0.349 e. The van der Waals surface area contributed by atoms with Crippen LogP contribution in [0.4, 0.5) is 11.4 Å². The minimum absolute atomic E-state index is 0.00446. The molecule has 2 saturated heterocycles. The van der Waals surface area contributed by atoms with E-state index in [1.54, 1.807) is 58.3 Å². The number of para-hydroxylation sites is 1. The number of piperazine rings is 1. The summed E-state index contributed by atoms with van der Waals surface area (Å²) in [7, 11) is 0. The number of nitrogens with one attached hydrogen (secondary N) is 1. The van der Waals surface area contributed by atoms with E-state index in [0.29, 0.717) is 68.0 Å². The molecule has 11 heteroatoms. The van der Waals surface area contributed by atoms with Crippen molar-refractivity contribution in [2.24, 2.45) is 5.92 Å². The molecule has 2 aromatic carbocycles. The summed E-state index contributed by atoms with van der Waals surface area (Å²) in [6.07, 6.45) is 0.961. The van der Waals surface area contributed by atoms with Gasteiger partial charge in [0.25, 0.3) is 17.4 Å². The van der Waals surface area contributed by atoms with Crippen LogP contribution in [0.5, 0.6) is 0 Å². The van der Waals surface area contributed by atoms with E-state index in [0.717, 1.165) is 17.8 Å². The summed E-state index contributed by atoms with van der Waals surface area (Å²) in [6, 6.07) is 19.2. The van der Waals surface area contributed by atoms with Crippen LogP contribution in [0.15, 0.2) is 80.7 Å². The van der Waals surface area contributed by atoms with Crippen molar-refractivity contribution < 1.29 is 18.8 Å². The van der Waals surface area contributed by atoms with Crippen LogP contribution in [-0.2, 0) is 11.3 Å². The third kappa shape index (κ3) is 5.39. The molecule has 2 fully saturated rings. The number of amides is 3. The average molecular weight is 608 g/mol. The van der Waals surface area contributed by atoms with Crippen molar-refractivity contribution in [1.82, 2.24) is 14.4 Å². The first-order chi connectivity index (χ1) is 21.7. The van der Waals surface area contributed by atoms with Crippen molar-refractivity contribution in [3.05, 3.63) is 104 Å². The molecule has 5 heterocycles. The Kier molecular flexibility index (Phi) is 7.23. The van der Waals surface area contributed by atoms with Gasteiger partial charge < -0.3 is 29.0 Å². The van der Waals surface area contributed by atoms with Crippen molar-refractivity contribution in [1.29, 1.82) is 0 Å². The quantitative estimate of drug-likeness (QED) is 0.354. The van der Waals surface area contributed by atoms with Crippen molar-refractivity contribution >= 4 is 40.1 Å². The molecule has 2 bridgehead atoms. The fourth-order valence-corrected chi connectivity index (χ4v) is 6.96. The Labute approximate surface area is 258 Å². The van der Waals surface area contributed by atoms with Crippen LogP contribution in [0.1, 0.15) is 45.7 Å². The summed E-state index contributed by atoms with van der Waals surface area (Å²) < 4.78 is 7.28. The van der Waals surface area contributed by atoms with Gasteiger partial charge in [-0.1, -0.05) is 24.3 Å². The first-order valence-electron chi connectivity index (χ1n) is 15.2. The molecule has 230 valence electrons. The summed E-state index contributed by atoms with van der Waals surface area (Å²) in [5, 5.41) is 3.54. The molecular formula is C34H33N5O6. The maximum absolute atomic E-state index is 13.6. The molecule has 3 aliphatic rings. The first-order valence-corrected chi connectivity index (χ1v) is 15.2. The number of hydrogen-bond acceptors (Lipinski definition) is 7. The van der Waals surface area contributed by atoms with E-state index >= 15 is 0 Å². The summed E-state index contributed by atoms with van der Waals surface area (Å²) in [5.41, 5.74) is 2.03. The molecule has 2 atom stereocenters. The summed E-state index contributed by atoms with van der Waals surface area (Å²) in [5.74, 6) is -0.500. The molecule has 1 N–H and O–H groups in total. The van der Waals surface area contributed by atoms with Crippen molar-refractivity contribution in [3.8, 4) is 0 Å². The normalized spacial score (nSPS) is 19.3. The molecule has 11 nitrogen and oxygen atoms in total. The van der Waals surface area contributed by atoms with Gasteiger partial charge in [0.1, 0.15) is 11.1 Å². The Bertz CT molecular complexity index is 1960. The molecule has 0 unspecified atom stereocenters. The molecule has 0 radical (unpaired) electrons. The van der Waals surface area contributed by atoms with Crippen LogP contribution in [0.25, 0.3) is 11.0 Å². The topological polar surface area (TPSA) is 125 Å². The van der Waals surface area contributed by atoms with Crippen LogP contribution in [0, 0.1) is 5.92 Å². The highest BCUT2D eigenvalue weighted by molar-refractivity contribution is 6.08. The van der Waals surface area contributed by atoms with E-state index in [-0.39, 0.29) is 34.8 Å². The van der Waals surface area contributed by atoms with Gasteiger partial charge in [0.05, 0.1) is 11.4 Å². The first kappa shape index (κ1) is 28.6. The Balaban J connectivity index is 1.22. The standard InChI is InChI=1S/C34H33N5O6/c1-21(40)36-11-13-37(14-12-36)33(43)24-9-10-29(38-18-22-15-25(20-38)28-6-4-8-31(41)39(28)19-22)27(17-24)35-32(42)26-16-23-5-2-3-7-30(23)45-34(26)44/h2-10,16-17,22,25H,11-15,18-20H2,1H3,(H,35,42)/t22-,25+/m1/s1. The number of carbonyl (C=O) groups excluding carboxylic acids is 3. The lowest BCUT2D eigenvalue weighted by Gasteiger charge is -2.44. The molecule has 3 amide bonds. The lowest BCUT2D eigenvalue weighted by atomic mass is 9.83. The highest BCUT2D eigenvalue weighted by Gasteiger charge is 2.36. The lowest BCUT2D eigenvalue weighted by Crippen LogP contribution is -2.50. The second-order valence-electron chi connectivity index (χ2n) is 12.1. The predicted octanol–water partition coefficient (Wildman–Crippen LogP) is 3.14. The number of benzene rings is 2. The molecule has 0 spiro atoms. The second kappa shape index (κ2) is 11.4. The smallest absolute Gasteiger partial charge is 0.349 e. The zero-order chi connectivity index (χ0) is 31.2. The van der Waals surface area contributed by atoms with E-state index in [9.17, 15) is 24.0 Å². The number of pyridine rings is 1. The van der Waals surface area contributed by atoms with Gasteiger partial charge in [-0.05, 0) is 48.7 Å². The van der Waals surface area contributed by atoms with Crippen LogP contribution in [0.3, 0.4) is 0 Å². The monoisotopic (exact) mass is 607 g/mol.